The van der Waals surface area contributed by atoms with E-state index in [4.69, 9.17) is 16.6 Å². The van der Waals surface area contributed by atoms with Crippen molar-refractivity contribution in [3.8, 4) is 0 Å². The Balaban J connectivity index is 3.62. The SMILES string of the molecule is NC/C=C\[C@H](N)C(=O)O. The zero-order valence-electron chi connectivity index (χ0n) is 4.95. The molecule has 5 N–H and O–H groups in total. The fourth-order valence-electron chi connectivity index (χ4n) is 0.307. The highest BCUT2D eigenvalue weighted by molar-refractivity contribution is 5.75. The molecule has 0 spiro atoms. The quantitative estimate of drug-likeness (QED) is 0.423. The van der Waals surface area contributed by atoms with Gasteiger partial charge < -0.3 is 16.6 Å². The number of aliphatic carboxylic acids is 1. The van der Waals surface area contributed by atoms with Gasteiger partial charge in [-0.1, -0.05) is 12.2 Å². The summed E-state index contributed by atoms with van der Waals surface area (Å²) in [7, 11) is 0. The molecule has 0 bridgehead atoms. The van der Waals surface area contributed by atoms with Crippen molar-refractivity contribution >= 4 is 5.97 Å². The van der Waals surface area contributed by atoms with Crippen LogP contribution in [0.15, 0.2) is 12.2 Å². The largest absolute Gasteiger partial charge is 0.480 e. The van der Waals surface area contributed by atoms with E-state index in [1.54, 1.807) is 0 Å². The number of hydrogen-bond donors (Lipinski definition) is 3. The van der Waals surface area contributed by atoms with Crippen molar-refractivity contribution in [1.82, 2.24) is 0 Å². The van der Waals surface area contributed by atoms with Gasteiger partial charge in [-0.3, -0.25) is 4.79 Å². The second-order valence-electron chi connectivity index (χ2n) is 1.53. The Bertz CT molecular complexity index is 122. The summed E-state index contributed by atoms with van der Waals surface area (Å²) in [5.41, 5.74) is 10.1. The summed E-state index contributed by atoms with van der Waals surface area (Å²) in [4.78, 5) is 9.99. The first-order chi connectivity index (χ1) is 4.18. The Morgan fingerprint density at radius 1 is 1.78 bits per heavy atom. The molecule has 1 atom stereocenters. The van der Waals surface area contributed by atoms with Crippen LogP contribution < -0.4 is 11.5 Å². The van der Waals surface area contributed by atoms with Crippen LogP contribution in [0.1, 0.15) is 0 Å². The van der Waals surface area contributed by atoms with E-state index in [2.05, 4.69) is 0 Å². The van der Waals surface area contributed by atoms with Crippen molar-refractivity contribution in [3.05, 3.63) is 12.2 Å². The summed E-state index contributed by atoms with van der Waals surface area (Å²) in [5.74, 6) is -1.04. The van der Waals surface area contributed by atoms with E-state index in [1.165, 1.54) is 12.2 Å². The van der Waals surface area contributed by atoms with Gasteiger partial charge in [-0.15, -0.1) is 0 Å². The molecule has 0 unspecified atom stereocenters. The first-order valence-electron chi connectivity index (χ1n) is 2.53. The summed E-state index contributed by atoms with van der Waals surface area (Å²) < 4.78 is 0. The molecule has 0 aliphatic carbocycles. The van der Waals surface area contributed by atoms with Crippen LogP contribution in [0.2, 0.25) is 0 Å². The first kappa shape index (κ1) is 8.13. The molecular formula is C5H10N2O2. The van der Waals surface area contributed by atoms with E-state index in [-0.39, 0.29) is 0 Å². The topological polar surface area (TPSA) is 89.3 Å². The molecule has 0 aromatic rings. The third kappa shape index (κ3) is 3.69. The summed E-state index contributed by atoms with van der Waals surface area (Å²) >= 11 is 0. The van der Waals surface area contributed by atoms with E-state index in [1.807, 2.05) is 0 Å². The van der Waals surface area contributed by atoms with Crippen molar-refractivity contribution < 1.29 is 9.90 Å². The predicted octanol–water partition coefficient (Wildman–Crippen LogP) is -1.09. The van der Waals surface area contributed by atoms with E-state index < -0.39 is 12.0 Å². The van der Waals surface area contributed by atoms with Crippen LogP contribution in [0, 0.1) is 0 Å². The molecule has 0 saturated heterocycles. The predicted molar refractivity (Wildman–Crippen MR) is 33.8 cm³/mol. The molecule has 0 aliphatic heterocycles. The molecule has 0 heterocycles. The van der Waals surface area contributed by atoms with Crippen LogP contribution in [0.25, 0.3) is 0 Å². The minimum atomic E-state index is -1.04. The zero-order valence-corrected chi connectivity index (χ0v) is 4.95. The maximum absolute atomic E-state index is 9.99. The highest BCUT2D eigenvalue weighted by atomic mass is 16.4. The first-order valence-corrected chi connectivity index (χ1v) is 2.53. The fourth-order valence-corrected chi connectivity index (χ4v) is 0.307. The number of hydrogen-bond acceptors (Lipinski definition) is 3. The smallest absolute Gasteiger partial charge is 0.324 e. The van der Waals surface area contributed by atoms with Crippen molar-refractivity contribution in [2.24, 2.45) is 11.5 Å². The third-order valence-corrected chi connectivity index (χ3v) is 0.765. The molecule has 0 saturated carbocycles. The van der Waals surface area contributed by atoms with Crippen LogP contribution in [-0.4, -0.2) is 23.7 Å². The van der Waals surface area contributed by atoms with Gasteiger partial charge in [-0.2, -0.15) is 0 Å². The normalized spacial score (nSPS) is 14.0. The number of nitrogens with two attached hydrogens (primary N) is 2. The van der Waals surface area contributed by atoms with Gasteiger partial charge in [-0.25, -0.2) is 0 Å². The number of carboxylic acid groups (broad SMARTS) is 1. The average Bonchev–Trinajstić information content (AvgIpc) is 1.82. The zero-order chi connectivity index (χ0) is 7.28. The molecule has 0 aromatic heterocycles. The third-order valence-electron chi connectivity index (χ3n) is 0.765. The van der Waals surface area contributed by atoms with Gasteiger partial charge in [-0.05, 0) is 0 Å². The highest BCUT2D eigenvalue weighted by Crippen LogP contribution is 1.79. The summed E-state index contributed by atoms with van der Waals surface area (Å²) in [6, 6.07) is -0.923. The average molecular weight is 130 g/mol. The summed E-state index contributed by atoms with van der Waals surface area (Å²) in [6.45, 7) is 0.320. The van der Waals surface area contributed by atoms with Gasteiger partial charge in [0.15, 0.2) is 0 Å². The van der Waals surface area contributed by atoms with E-state index >= 15 is 0 Å². The van der Waals surface area contributed by atoms with Crippen molar-refractivity contribution in [2.45, 2.75) is 6.04 Å². The van der Waals surface area contributed by atoms with Gasteiger partial charge in [0, 0.05) is 6.54 Å². The Hall–Kier alpha value is -0.870. The van der Waals surface area contributed by atoms with Crippen LogP contribution in [0.3, 0.4) is 0 Å². The fraction of sp³-hybridized carbons (Fsp3) is 0.400. The van der Waals surface area contributed by atoms with Gasteiger partial charge in [0.2, 0.25) is 0 Å². The Kier molecular flexibility index (Phi) is 3.66. The maximum atomic E-state index is 9.99. The van der Waals surface area contributed by atoms with Crippen molar-refractivity contribution in [1.29, 1.82) is 0 Å². The molecule has 9 heavy (non-hydrogen) atoms. The number of carboxylic acids is 1. The van der Waals surface area contributed by atoms with Gasteiger partial charge in [0.1, 0.15) is 6.04 Å². The van der Waals surface area contributed by atoms with Crippen molar-refractivity contribution in [2.75, 3.05) is 6.54 Å². The Morgan fingerprint density at radius 3 is 2.67 bits per heavy atom. The molecule has 0 amide bonds. The lowest BCUT2D eigenvalue weighted by Crippen LogP contribution is -2.27. The second-order valence-corrected chi connectivity index (χ2v) is 1.53. The minimum Gasteiger partial charge on any atom is -0.480 e. The molecular weight excluding hydrogens is 120 g/mol. The van der Waals surface area contributed by atoms with Crippen LogP contribution in [0.5, 0.6) is 0 Å². The standard InChI is InChI=1S/C5H10N2O2/c6-3-1-2-4(7)5(8)9/h1-2,4H,3,6-7H2,(H,8,9)/b2-1-/t4-/m0/s1. The number of carbonyl (C=O) groups is 1. The Morgan fingerprint density at radius 2 is 2.33 bits per heavy atom. The lowest BCUT2D eigenvalue weighted by molar-refractivity contribution is -0.137. The van der Waals surface area contributed by atoms with Gasteiger partial charge in [0.05, 0.1) is 0 Å². The van der Waals surface area contributed by atoms with Crippen molar-refractivity contribution in [3.63, 3.8) is 0 Å². The second kappa shape index (κ2) is 4.05. The van der Waals surface area contributed by atoms with E-state index in [9.17, 15) is 4.79 Å². The lowest BCUT2D eigenvalue weighted by atomic mass is 10.3. The molecule has 0 aliphatic rings. The van der Waals surface area contributed by atoms with Crippen LogP contribution in [-0.2, 0) is 4.79 Å². The lowest BCUT2D eigenvalue weighted by Gasteiger charge is -1.95. The maximum Gasteiger partial charge on any atom is 0.324 e. The van der Waals surface area contributed by atoms with Crippen LogP contribution in [0.4, 0.5) is 0 Å². The molecule has 4 heteroatoms. The van der Waals surface area contributed by atoms with E-state index in [0.29, 0.717) is 6.54 Å². The monoisotopic (exact) mass is 130 g/mol. The summed E-state index contributed by atoms with van der Waals surface area (Å²) in [5, 5.41) is 8.19. The molecule has 0 radical (unpaired) electrons. The van der Waals surface area contributed by atoms with E-state index in [0.717, 1.165) is 0 Å². The molecule has 52 valence electrons. The molecule has 0 fully saturated rings. The summed E-state index contributed by atoms with van der Waals surface area (Å²) in [6.07, 6.45) is 2.86. The minimum absolute atomic E-state index is 0.320. The molecule has 0 rings (SSSR count). The van der Waals surface area contributed by atoms with Gasteiger partial charge in [0.25, 0.3) is 0 Å². The highest BCUT2D eigenvalue weighted by Gasteiger charge is 2.04. The van der Waals surface area contributed by atoms with Gasteiger partial charge >= 0.3 is 5.97 Å². The number of rotatable bonds is 3. The molecule has 4 nitrogen and oxygen atoms in total. The Labute approximate surface area is 53.1 Å². The van der Waals surface area contributed by atoms with Crippen LogP contribution >= 0.6 is 0 Å². The molecule has 0 aromatic carbocycles.